The van der Waals surface area contributed by atoms with E-state index in [0.717, 1.165) is 6.07 Å². The van der Waals surface area contributed by atoms with Gasteiger partial charge in [-0.05, 0) is 12.5 Å². The highest BCUT2D eigenvalue weighted by Crippen LogP contribution is 2.33. The molecule has 0 unspecified atom stereocenters. The zero-order valence-electron chi connectivity index (χ0n) is 11.4. The fourth-order valence-electron chi connectivity index (χ4n) is 1.91. The van der Waals surface area contributed by atoms with E-state index in [0.29, 0.717) is 23.2 Å². The van der Waals surface area contributed by atoms with Gasteiger partial charge in [-0.25, -0.2) is 20.1 Å². The normalized spacial score (nSPS) is 10.2. The molecule has 0 bridgehead atoms. The molecule has 114 valence electrons. The highest BCUT2D eigenvalue weighted by atomic mass is 16.7. The number of nitro groups is 2. The Kier molecular flexibility index (Phi) is 4.11. The second-order valence-corrected chi connectivity index (χ2v) is 4.24. The lowest BCUT2D eigenvalue weighted by Gasteiger charge is -2.09. The molecule has 0 aliphatic rings. The number of rotatable bonds is 5. The number of benzene rings is 1. The molecule has 2 N–H and O–H groups in total. The Morgan fingerprint density at radius 3 is 2.55 bits per heavy atom. The fourth-order valence-corrected chi connectivity index (χ4v) is 1.91. The molecule has 2 rings (SSSR count). The van der Waals surface area contributed by atoms with Gasteiger partial charge in [0, 0.05) is 23.4 Å². The second-order valence-electron chi connectivity index (χ2n) is 4.24. The Hall–Kier alpha value is -3.30. The van der Waals surface area contributed by atoms with Crippen LogP contribution in [0.2, 0.25) is 0 Å². The molecule has 0 atom stereocenters. The molecule has 0 spiro atoms. The molecule has 22 heavy (non-hydrogen) atoms. The maximum Gasteiger partial charge on any atom is 0.285 e. The molecule has 1 aromatic carbocycles. The van der Waals surface area contributed by atoms with Crippen LogP contribution in [0.5, 0.6) is 5.75 Å². The Morgan fingerprint density at radius 1 is 1.27 bits per heavy atom. The van der Waals surface area contributed by atoms with Crippen molar-refractivity contribution < 1.29 is 15.1 Å². The van der Waals surface area contributed by atoms with Crippen LogP contribution in [0.4, 0.5) is 11.6 Å². The summed E-state index contributed by atoms with van der Waals surface area (Å²) >= 11 is 0. The molecule has 2 aromatic rings. The van der Waals surface area contributed by atoms with Gasteiger partial charge in [-0.1, -0.05) is 12.3 Å². The maximum atomic E-state index is 10.7. The van der Waals surface area contributed by atoms with Crippen molar-refractivity contribution in [2.24, 2.45) is 0 Å². The third kappa shape index (κ3) is 3.06. The van der Waals surface area contributed by atoms with E-state index in [9.17, 15) is 25.3 Å². The molecule has 0 radical (unpaired) electrons. The molecule has 10 heteroatoms. The van der Waals surface area contributed by atoms with Crippen LogP contribution >= 0.6 is 0 Å². The van der Waals surface area contributed by atoms with Crippen LogP contribution in [-0.4, -0.2) is 25.0 Å². The molecule has 10 nitrogen and oxygen atoms in total. The van der Waals surface area contributed by atoms with Crippen LogP contribution in [-0.2, 0) is 6.42 Å². The number of nitro benzene ring substituents is 1. The summed E-state index contributed by atoms with van der Waals surface area (Å²) in [6.45, 7) is 1.78. The van der Waals surface area contributed by atoms with E-state index >= 15 is 0 Å². The minimum absolute atomic E-state index is 0.174. The fraction of sp³-hybridized carbons (Fsp3) is 0.167. The average Bonchev–Trinajstić information content (AvgIpc) is 2.46. The lowest BCUT2D eigenvalue weighted by molar-refractivity contribution is -0.446. The SMILES string of the molecule is CCc1nc(N[N+](=O)[O-])ncc1-c1ccc([N+](=O)[O-])cc1O. The van der Waals surface area contributed by atoms with Gasteiger partial charge in [0.05, 0.1) is 16.7 Å². The number of phenols is 1. The number of aromatic nitrogens is 2. The van der Waals surface area contributed by atoms with Gasteiger partial charge in [-0.15, -0.1) is 0 Å². The molecule has 0 saturated carbocycles. The maximum absolute atomic E-state index is 10.7. The lowest BCUT2D eigenvalue weighted by atomic mass is 10.0. The van der Waals surface area contributed by atoms with Crippen LogP contribution in [0.25, 0.3) is 11.1 Å². The van der Waals surface area contributed by atoms with Gasteiger partial charge < -0.3 is 5.11 Å². The van der Waals surface area contributed by atoms with E-state index in [1.165, 1.54) is 18.3 Å². The van der Waals surface area contributed by atoms with Gasteiger partial charge in [0.15, 0.2) is 5.03 Å². The van der Waals surface area contributed by atoms with Gasteiger partial charge in [0.1, 0.15) is 5.75 Å². The number of non-ortho nitro benzene ring substituents is 1. The smallest absolute Gasteiger partial charge is 0.285 e. The van der Waals surface area contributed by atoms with Crippen LogP contribution in [0.1, 0.15) is 12.6 Å². The Bertz CT molecular complexity index is 749. The van der Waals surface area contributed by atoms with Gasteiger partial charge in [0.25, 0.3) is 11.6 Å². The molecular weight excluding hydrogens is 294 g/mol. The minimum Gasteiger partial charge on any atom is -0.507 e. The van der Waals surface area contributed by atoms with Gasteiger partial charge in [0.2, 0.25) is 0 Å². The molecule has 0 saturated heterocycles. The van der Waals surface area contributed by atoms with Crippen molar-refractivity contribution >= 4 is 11.6 Å². The molecule has 0 amide bonds. The van der Waals surface area contributed by atoms with Crippen LogP contribution in [0, 0.1) is 20.2 Å². The summed E-state index contributed by atoms with van der Waals surface area (Å²) < 4.78 is 0. The number of phenolic OH excluding ortho intramolecular Hbond substituents is 1. The lowest BCUT2D eigenvalue weighted by Crippen LogP contribution is -2.12. The first-order valence-electron chi connectivity index (χ1n) is 6.17. The standard InChI is InChI=1S/C12H11N5O5/c1-2-10-9(6-13-12(14-10)15-17(21)22)8-4-3-7(16(19)20)5-11(8)18/h3-6,18H,2H2,1H3,(H,13,14,15). The quantitative estimate of drug-likeness (QED) is 0.629. The van der Waals surface area contributed by atoms with Crippen LogP contribution < -0.4 is 5.43 Å². The van der Waals surface area contributed by atoms with E-state index in [-0.39, 0.29) is 17.4 Å². The van der Waals surface area contributed by atoms with Gasteiger partial charge >= 0.3 is 0 Å². The highest BCUT2D eigenvalue weighted by molar-refractivity contribution is 5.73. The monoisotopic (exact) mass is 305 g/mol. The summed E-state index contributed by atoms with van der Waals surface area (Å²) in [6.07, 6.45) is 1.75. The summed E-state index contributed by atoms with van der Waals surface area (Å²) in [4.78, 5) is 28.2. The number of hydrogen-bond donors (Lipinski definition) is 2. The summed E-state index contributed by atoms with van der Waals surface area (Å²) in [5.74, 6) is -0.463. The zero-order valence-corrected chi connectivity index (χ0v) is 11.4. The van der Waals surface area contributed by atoms with Crippen molar-refractivity contribution in [1.29, 1.82) is 0 Å². The molecular formula is C12H11N5O5. The topological polar surface area (TPSA) is 144 Å². The Morgan fingerprint density at radius 2 is 2.00 bits per heavy atom. The first kappa shape index (κ1) is 15.1. The third-order valence-electron chi connectivity index (χ3n) is 2.88. The van der Waals surface area contributed by atoms with Crippen molar-refractivity contribution in [1.82, 2.24) is 9.97 Å². The number of hydrazine groups is 1. The molecule has 0 aliphatic carbocycles. The largest absolute Gasteiger partial charge is 0.507 e. The first-order chi connectivity index (χ1) is 10.4. The Labute approximate surface area is 123 Å². The number of hydrogen-bond acceptors (Lipinski definition) is 7. The molecule has 1 heterocycles. The molecule has 1 aromatic heterocycles. The van der Waals surface area contributed by atoms with Gasteiger partial charge in [-0.3, -0.25) is 10.1 Å². The van der Waals surface area contributed by atoms with E-state index < -0.39 is 9.96 Å². The first-order valence-corrected chi connectivity index (χ1v) is 6.17. The summed E-state index contributed by atoms with van der Waals surface area (Å²) in [6, 6.07) is 3.65. The predicted octanol–water partition coefficient (Wildman–Crippen LogP) is 1.92. The van der Waals surface area contributed by atoms with E-state index in [2.05, 4.69) is 9.97 Å². The van der Waals surface area contributed by atoms with Crippen molar-refractivity contribution in [2.45, 2.75) is 13.3 Å². The predicted molar refractivity (Wildman–Crippen MR) is 75.8 cm³/mol. The number of aromatic hydroxyl groups is 1. The summed E-state index contributed by atoms with van der Waals surface area (Å²) in [5, 5.41) is 30.2. The number of nitrogens with zero attached hydrogens (tertiary/aromatic N) is 4. The Balaban J connectivity index is 2.48. The number of nitrogens with one attached hydrogen (secondary N) is 1. The number of anilines is 1. The average molecular weight is 305 g/mol. The second kappa shape index (κ2) is 5.99. The third-order valence-corrected chi connectivity index (χ3v) is 2.88. The van der Waals surface area contributed by atoms with Gasteiger partial charge in [-0.2, -0.15) is 0 Å². The van der Waals surface area contributed by atoms with E-state index in [1.54, 1.807) is 6.92 Å². The number of aryl methyl sites for hydroxylation is 1. The van der Waals surface area contributed by atoms with Crippen molar-refractivity contribution in [3.05, 3.63) is 50.3 Å². The van der Waals surface area contributed by atoms with E-state index in [1.807, 2.05) is 5.43 Å². The summed E-state index contributed by atoms with van der Waals surface area (Å²) in [7, 11) is 0. The van der Waals surface area contributed by atoms with E-state index in [4.69, 9.17) is 0 Å². The zero-order chi connectivity index (χ0) is 16.3. The minimum atomic E-state index is -0.780. The van der Waals surface area contributed by atoms with Crippen molar-refractivity contribution in [3.8, 4) is 16.9 Å². The molecule has 0 fully saturated rings. The molecule has 0 aliphatic heterocycles. The van der Waals surface area contributed by atoms with Crippen LogP contribution in [0.3, 0.4) is 0 Å². The van der Waals surface area contributed by atoms with Crippen molar-refractivity contribution in [3.63, 3.8) is 0 Å². The highest BCUT2D eigenvalue weighted by Gasteiger charge is 2.16. The summed E-state index contributed by atoms with van der Waals surface area (Å²) in [5.41, 5.74) is 2.83. The van der Waals surface area contributed by atoms with Crippen molar-refractivity contribution in [2.75, 3.05) is 5.43 Å². The van der Waals surface area contributed by atoms with Crippen LogP contribution in [0.15, 0.2) is 24.4 Å².